The zero-order valence-electron chi connectivity index (χ0n) is 12.6. The van der Waals surface area contributed by atoms with E-state index < -0.39 is 11.4 Å². The number of hydrogen-bond acceptors (Lipinski definition) is 5. The summed E-state index contributed by atoms with van der Waals surface area (Å²) in [5.41, 5.74) is -0.855. The Balaban J connectivity index is 1.87. The van der Waals surface area contributed by atoms with Gasteiger partial charge in [0.15, 0.2) is 11.5 Å². The van der Waals surface area contributed by atoms with Crippen molar-refractivity contribution in [2.24, 2.45) is 0 Å². The molecular formula is C15H19N3O4. The molecule has 118 valence electrons. The van der Waals surface area contributed by atoms with Gasteiger partial charge in [0.25, 0.3) is 5.91 Å². The number of amides is 2. The highest BCUT2D eigenvalue weighted by Crippen LogP contribution is 2.25. The molecule has 0 saturated carbocycles. The van der Waals surface area contributed by atoms with Crippen molar-refractivity contribution in [3.63, 3.8) is 0 Å². The van der Waals surface area contributed by atoms with E-state index in [1.54, 1.807) is 18.7 Å². The third-order valence-corrected chi connectivity index (χ3v) is 3.85. The van der Waals surface area contributed by atoms with Crippen molar-refractivity contribution < 1.29 is 19.5 Å². The van der Waals surface area contributed by atoms with E-state index in [9.17, 15) is 19.5 Å². The second kappa shape index (κ2) is 6.13. The summed E-state index contributed by atoms with van der Waals surface area (Å²) >= 11 is 0. The molecule has 2 rings (SSSR count). The molecule has 7 heteroatoms. The van der Waals surface area contributed by atoms with Crippen molar-refractivity contribution in [2.75, 3.05) is 13.1 Å². The predicted molar refractivity (Wildman–Crippen MR) is 78.3 cm³/mol. The molecule has 0 bridgehead atoms. The summed E-state index contributed by atoms with van der Waals surface area (Å²) in [5, 5.41) is 12.1. The molecule has 0 aromatic carbocycles. The molecule has 2 amide bonds. The van der Waals surface area contributed by atoms with E-state index in [-0.39, 0.29) is 36.1 Å². The molecule has 0 spiro atoms. The summed E-state index contributed by atoms with van der Waals surface area (Å²) in [6.07, 6.45) is 1.86. The van der Waals surface area contributed by atoms with Crippen molar-refractivity contribution in [1.29, 1.82) is 0 Å². The maximum Gasteiger partial charge on any atom is 0.273 e. The van der Waals surface area contributed by atoms with Gasteiger partial charge < -0.3 is 15.3 Å². The SMILES string of the molecule is CC1(C)C(=O)CCN1C(=O)CCNC(=O)c1ncccc1O. The third-order valence-electron chi connectivity index (χ3n) is 3.85. The molecule has 1 aromatic rings. The molecular weight excluding hydrogens is 286 g/mol. The Hall–Kier alpha value is -2.44. The number of nitrogens with zero attached hydrogens (tertiary/aromatic N) is 2. The highest BCUT2D eigenvalue weighted by Gasteiger charge is 2.42. The maximum absolute atomic E-state index is 12.1. The second-order valence-electron chi connectivity index (χ2n) is 5.65. The van der Waals surface area contributed by atoms with Crippen molar-refractivity contribution in [2.45, 2.75) is 32.2 Å². The smallest absolute Gasteiger partial charge is 0.273 e. The van der Waals surface area contributed by atoms with E-state index in [1.165, 1.54) is 18.3 Å². The lowest BCUT2D eigenvalue weighted by atomic mass is 10.0. The average Bonchev–Trinajstić information content (AvgIpc) is 2.73. The number of carbonyl (C=O) groups excluding carboxylic acids is 3. The zero-order chi connectivity index (χ0) is 16.3. The van der Waals surface area contributed by atoms with E-state index in [1.807, 2.05) is 0 Å². The van der Waals surface area contributed by atoms with Crippen LogP contribution in [0, 0.1) is 0 Å². The van der Waals surface area contributed by atoms with Crippen LogP contribution in [0.2, 0.25) is 0 Å². The van der Waals surface area contributed by atoms with E-state index in [0.717, 1.165) is 0 Å². The average molecular weight is 305 g/mol. The number of pyridine rings is 1. The maximum atomic E-state index is 12.1. The minimum absolute atomic E-state index is 0.0447. The van der Waals surface area contributed by atoms with Gasteiger partial charge >= 0.3 is 0 Å². The molecule has 1 fully saturated rings. The molecule has 1 aliphatic rings. The van der Waals surface area contributed by atoms with Gasteiger partial charge in [-0.2, -0.15) is 0 Å². The fourth-order valence-corrected chi connectivity index (χ4v) is 2.46. The summed E-state index contributed by atoms with van der Waals surface area (Å²) in [6.45, 7) is 3.99. The van der Waals surface area contributed by atoms with Crippen molar-refractivity contribution in [1.82, 2.24) is 15.2 Å². The summed E-state index contributed by atoms with van der Waals surface area (Å²) in [6, 6.07) is 2.88. The van der Waals surface area contributed by atoms with Crippen molar-refractivity contribution in [3.05, 3.63) is 24.0 Å². The molecule has 0 atom stereocenters. The largest absolute Gasteiger partial charge is 0.505 e. The van der Waals surface area contributed by atoms with Crippen LogP contribution in [-0.4, -0.2) is 51.2 Å². The first kappa shape index (κ1) is 15.9. The Labute approximate surface area is 128 Å². The number of aromatic hydroxyl groups is 1. The Morgan fingerprint density at radius 1 is 1.45 bits per heavy atom. The van der Waals surface area contributed by atoms with Gasteiger partial charge in [0, 0.05) is 32.1 Å². The van der Waals surface area contributed by atoms with Crippen LogP contribution in [-0.2, 0) is 9.59 Å². The fraction of sp³-hybridized carbons (Fsp3) is 0.467. The van der Waals surface area contributed by atoms with Gasteiger partial charge in [0.1, 0.15) is 5.75 Å². The van der Waals surface area contributed by atoms with Crippen LogP contribution >= 0.6 is 0 Å². The zero-order valence-corrected chi connectivity index (χ0v) is 12.6. The van der Waals surface area contributed by atoms with Gasteiger partial charge in [-0.3, -0.25) is 14.4 Å². The molecule has 2 heterocycles. The van der Waals surface area contributed by atoms with Gasteiger partial charge in [0.05, 0.1) is 5.54 Å². The minimum atomic E-state index is -0.777. The predicted octanol–water partition coefficient (Wildman–Crippen LogP) is 0.487. The first-order valence-corrected chi connectivity index (χ1v) is 7.10. The fourth-order valence-electron chi connectivity index (χ4n) is 2.46. The molecule has 2 N–H and O–H groups in total. The number of nitrogens with one attached hydrogen (secondary N) is 1. The molecule has 0 radical (unpaired) electrons. The first-order chi connectivity index (χ1) is 10.3. The highest BCUT2D eigenvalue weighted by molar-refractivity contribution is 5.96. The van der Waals surface area contributed by atoms with Crippen LogP contribution in [0.15, 0.2) is 18.3 Å². The van der Waals surface area contributed by atoms with Crippen LogP contribution in [0.4, 0.5) is 0 Å². The number of ketones is 1. The molecule has 1 aliphatic heterocycles. The Kier molecular flexibility index (Phi) is 4.44. The van der Waals surface area contributed by atoms with Crippen LogP contribution in [0.3, 0.4) is 0 Å². The van der Waals surface area contributed by atoms with Gasteiger partial charge in [-0.25, -0.2) is 4.98 Å². The first-order valence-electron chi connectivity index (χ1n) is 7.10. The summed E-state index contributed by atoms with van der Waals surface area (Å²) in [7, 11) is 0. The summed E-state index contributed by atoms with van der Waals surface area (Å²) < 4.78 is 0. The van der Waals surface area contributed by atoms with E-state index >= 15 is 0 Å². The Morgan fingerprint density at radius 3 is 2.77 bits per heavy atom. The molecule has 7 nitrogen and oxygen atoms in total. The number of aromatic nitrogens is 1. The standard InChI is InChI=1S/C15H19N3O4/c1-15(2)11(20)6-9-18(15)12(21)5-8-17-14(22)13-10(19)4-3-7-16-13/h3-4,7,19H,5-6,8-9H2,1-2H3,(H,17,22). The third kappa shape index (κ3) is 3.08. The number of rotatable bonds is 4. The van der Waals surface area contributed by atoms with E-state index in [0.29, 0.717) is 13.0 Å². The minimum Gasteiger partial charge on any atom is -0.505 e. The quantitative estimate of drug-likeness (QED) is 0.843. The van der Waals surface area contributed by atoms with Crippen LogP contribution in [0.5, 0.6) is 5.75 Å². The van der Waals surface area contributed by atoms with Crippen LogP contribution in [0.25, 0.3) is 0 Å². The molecule has 1 saturated heterocycles. The van der Waals surface area contributed by atoms with Gasteiger partial charge in [-0.15, -0.1) is 0 Å². The van der Waals surface area contributed by atoms with E-state index in [2.05, 4.69) is 10.3 Å². The highest BCUT2D eigenvalue weighted by atomic mass is 16.3. The summed E-state index contributed by atoms with van der Waals surface area (Å²) in [5.74, 6) is -0.884. The molecule has 22 heavy (non-hydrogen) atoms. The van der Waals surface area contributed by atoms with Crippen LogP contribution in [0.1, 0.15) is 37.2 Å². The number of Topliss-reactive ketones (excluding diaryl/α,β-unsaturated/α-hetero) is 1. The Bertz CT molecular complexity index is 613. The molecule has 1 aromatic heterocycles. The van der Waals surface area contributed by atoms with E-state index in [4.69, 9.17) is 0 Å². The van der Waals surface area contributed by atoms with Gasteiger partial charge in [-0.1, -0.05) is 0 Å². The van der Waals surface area contributed by atoms with Crippen molar-refractivity contribution in [3.8, 4) is 5.75 Å². The summed E-state index contributed by atoms with van der Waals surface area (Å²) in [4.78, 5) is 41.0. The lowest BCUT2D eigenvalue weighted by Gasteiger charge is -2.30. The number of carbonyl (C=O) groups is 3. The monoisotopic (exact) mass is 305 g/mol. The molecule has 0 aliphatic carbocycles. The number of likely N-dealkylation sites (tertiary alicyclic amines) is 1. The van der Waals surface area contributed by atoms with Gasteiger partial charge in [-0.05, 0) is 26.0 Å². The second-order valence-corrected chi connectivity index (χ2v) is 5.65. The van der Waals surface area contributed by atoms with Crippen molar-refractivity contribution >= 4 is 17.6 Å². The lowest BCUT2D eigenvalue weighted by Crippen LogP contribution is -2.47. The van der Waals surface area contributed by atoms with Gasteiger partial charge in [0.2, 0.25) is 5.91 Å². The normalized spacial score (nSPS) is 16.6. The van der Waals surface area contributed by atoms with Crippen LogP contribution < -0.4 is 5.32 Å². The topological polar surface area (TPSA) is 99.6 Å². The lowest BCUT2D eigenvalue weighted by molar-refractivity contribution is -0.138. The number of hydrogen-bond donors (Lipinski definition) is 2. The molecule has 0 unspecified atom stereocenters. The Morgan fingerprint density at radius 2 is 2.18 bits per heavy atom.